The van der Waals surface area contributed by atoms with Crippen molar-refractivity contribution >= 4 is 15.8 Å². The van der Waals surface area contributed by atoms with E-state index in [2.05, 4.69) is 20.5 Å². The molecule has 0 radical (unpaired) electrons. The highest BCUT2D eigenvalue weighted by molar-refractivity contribution is 7.91. The smallest absolute Gasteiger partial charge is 0.191 e. The van der Waals surface area contributed by atoms with Crippen LogP contribution >= 0.6 is 0 Å². The van der Waals surface area contributed by atoms with Crippen LogP contribution in [0.5, 0.6) is 0 Å². The number of benzene rings is 1. The lowest BCUT2D eigenvalue weighted by molar-refractivity contribution is 0.282. The van der Waals surface area contributed by atoms with E-state index in [0.717, 1.165) is 25.6 Å². The van der Waals surface area contributed by atoms with Crippen LogP contribution in [-0.2, 0) is 9.84 Å². The van der Waals surface area contributed by atoms with Crippen LogP contribution in [0.4, 0.5) is 4.39 Å². The molecule has 0 atom stereocenters. The van der Waals surface area contributed by atoms with E-state index in [1.54, 1.807) is 7.05 Å². The third-order valence-corrected chi connectivity index (χ3v) is 6.44. The summed E-state index contributed by atoms with van der Waals surface area (Å²) < 4.78 is 38.2. The van der Waals surface area contributed by atoms with Crippen molar-refractivity contribution in [3.05, 3.63) is 30.1 Å². The molecule has 1 aromatic carbocycles. The predicted molar refractivity (Wildman–Crippen MR) is 107 cm³/mol. The molecule has 8 heteroatoms. The molecule has 0 amide bonds. The molecule has 2 N–H and O–H groups in total. The Morgan fingerprint density at radius 1 is 1.11 bits per heavy atom. The minimum absolute atomic E-state index is 0.169. The van der Waals surface area contributed by atoms with Crippen LogP contribution < -0.4 is 10.6 Å². The van der Waals surface area contributed by atoms with Gasteiger partial charge < -0.3 is 15.5 Å². The van der Waals surface area contributed by atoms with Crippen molar-refractivity contribution in [3.63, 3.8) is 0 Å². The normalized spacial score (nSPS) is 16.7. The number of aliphatic imine (C=N–C) groups is 1. The lowest BCUT2D eigenvalue weighted by Gasteiger charge is -2.20. The summed E-state index contributed by atoms with van der Waals surface area (Å²) in [5, 5.41) is 6.19. The maximum Gasteiger partial charge on any atom is 0.191 e. The average molecular weight is 399 g/mol. The molecule has 0 spiro atoms. The third-order valence-electron chi connectivity index (χ3n) is 4.70. The monoisotopic (exact) mass is 398 g/mol. The number of hydrogen-bond acceptors (Lipinski definition) is 4. The van der Waals surface area contributed by atoms with Crippen molar-refractivity contribution in [2.75, 3.05) is 45.5 Å². The quantitative estimate of drug-likeness (QED) is 0.398. The molecular formula is C19H31FN4O2S. The Morgan fingerprint density at radius 3 is 2.44 bits per heavy atom. The second-order valence-corrected chi connectivity index (χ2v) is 8.86. The number of halogens is 1. The summed E-state index contributed by atoms with van der Waals surface area (Å²) in [6, 6.07) is 5.45. The first-order valence-electron chi connectivity index (χ1n) is 9.67. The van der Waals surface area contributed by atoms with Crippen molar-refractivity contribution < 1.29 is 12.8 Å². The van der Waals surface area contributed by atoms with Gasteiger partial charge in [-0.05, 0) is 51.0 Å². The largest absolute Gasteiger partial charge is 0.356 e. The van der Waals surface area contributed by atoms with Gasteiger partial charge in [0.1, 0.15) is 10.7 Å². The Kier molecular flexibility index (Phi) is 9.00. The summed E-state index contributed by atoms with van der Waals surface area (Å²) in [6.07, 6.45) is 6.25. The van der Waals surface area contributed by atoms with E-state index in [1.807, 2.05) is 0 Å². The zero-order chi connectivity index (χ0) is 19.5. The summed E-state index contributed by atoms with van der Waals surface area (Å²) in [5.41, 5.74) is 0. The number of rotatable bonds is 8. The molecule has 0 aliphatic carbocycles. The van der Waals surface area contributed by atoms with Crippen LogP contribution in [0.15, 0.2) is 34.2 Å². The fourth-order valence-electron chi connectivity index (χ4n) is 3.20. The molecule has 6 nitrogen and oxygen atoms in total. The highest BCUT2D eigenvalue weighted by Crippen LogP contribution is 2.14. The first-order valence-corrected chi connectivity index (χ1v) is 11.3. The molecule has 1 aromatic rings. The van der Waals surface area contributed by atoms with Gasteiger partial charge in [0.15, 0.2) is 15.8 Å². The molecule has 0 saturated carbocycles. The van der Waals surface area contributed by atoms with E-state index in [4.69, 9.17) is 0 Å². The first-order chi connectivity index (χ1) is 13.0. The summed E-state index contributed by atoms with van der Waals surface area (Å²) >= 11 is 0. The van der Waals surface area contributed by atoms with Crippen LogP contribution in [0.25, 0.3) is 0 Å². The number of hydrogen-bond donors (Lipinski definition) is 2. The van der Waals surface area contributed by atoms with Gasteiger partial charge >= 0.3 is 0 Å². The Labute approximate surface area is 162 Å². The van der Waals surface area contributed by atoms with Gasteiger partial charge in [0.05, 0.1) is 5.75 Å². The van der Waals surface area contributed by atoms with Gasteiger partial charge in [-0.3, -0.25) is 4.99 Å². The molecule has 0 unspecified atom stereocenters. The number of guanidine groups is 1. The van der Waals surface area contributed by atoms with E-state index >= 15 is 0 Å². The minimum Gasteiger partial charge on any atom is -0.356 e. The standard InChI is InChI=1S/C19H31FN4O2S/c1-21-19(22-11-8-15-24-13-6-2-3-7-14-24)23-12-16-27(25,26)18-10-5-4-9-17(18)20/h4-5,9-10H,2-3,6-8,11-16H2,1H3,(H2,21,22,23). The molecule has 1 aliphatic rings. The lowest BCUT2D eigenvalue weighted by Crippen LogP contribution is -2.40. The van der Waals surface area contributed by atoms with Gasteiger partial charge in [0.2, 0.25) is 0 Å². The molecule has 27 heavy (non-hydrogen) atoms. The van der Waals surface area contributed by atoms with E-state index in [1.165, 1.54) is 57.0 Å². The van der Waals surface area contributed by atoms with E-state index in [0.29, 0.717) is 5.96 Å². The highest BCUT2D eigenvalue weighted by Gasteiger charge is 2.18. The molecule has 1 saturated heterocycles. The number of nitrogens with one attached hydrogen (secondary N) is 2. The summed E-state index contributed by atoms with van der Waals surface area (Å²) in [6.45, 7) is 4.37. The van der Waals surface area contributed by atoms with Crippen LogP contribution in [0.1, 0.15) is 32.1 Å². The van der Waals surface area contributed by atoms with Gasteiger partial charge in [0.25, 0.3) is 0 Å². The van der Waals surface area contributed by atoms with E-state index < -0.39 is 15.7 Å². The third kappa shape index (κ3) is 7.46. The second-order valence-electron chi connectivity index (χ2n) is 6.78. The van der Waals surface area contributed by atoms with Crippen molar-refractivity contribution in [3.8, 4) is 0 Å². The molecule has 0 bridgehead atoms. The predicted octanol–water partition coefficient (Wildman–Crippen LogP) is 2.03. The topological polar surface area (TPSA) is 73.8 Å². The minimum atomic E-state index is -3.66. The highest BCUT2D eigenvalue weighted by atomic mass is 32.2. The van der Waals surface area contributed by atoms with Crippen LogP contribution in [0.2, 0.25) is 0 Å². The van der Waals surface area contributed by atoms with Gasteiger partial charge in [-0.25, -0.2) is 12.8 Å². The second kappa shape index (κ2) is 11.2. The molecular weight excluding hydrogens is 367 g/mol. The fraction of sp³-hybridized carbons (Fsp3) is 0.632. The maximum absolute atomic E-state index is 13.7. The SMILES string of the molecule is CN=C(NCCCN1CCCCCC1)NCCS(=O)(=O)c1ccccc1F. The summed E-state index contributed by atoms with van der Waals surface area (Å²) in [4.78, 5) is 6.36. The van der Waals surface area contributed by atoms with Gasteiger partial charge in [-0.1, -0.05) is 25.0 Å². The summed E-state index contributed by atoms with van der Waals surface area (Å²) in [5.74, 6) is -0.342. The van der Waals surface area contributed by atoms with Gasteiger partial charge in [-0.2, -0.15) is 0 Å². The van der Waals surface area contributed by atoms with Crippen molar-refractivity contribution in [2.45, 2.75) is 37.0 Å². The zero-order valence-electron chi connectivity index (χ0n) is 16.1. The summed E-state index contributed by atoms with van der Waals surface area (Å²) in [7, 11) is -2.02. The number of likely N-dealkylation sites (tertiary alicyclic amines) is 1. The molecule has 0 aromatic heterocycles. The maximum atomic E-state index is 13.7. The zero-order valence-corrected chi connectivity index (χ0v) is 16.9. The van der Waals surface area contributed by atoms with Crippen LogP contribution in [0.3, 0.4) is 0 Å². The molecule has 152 valence electrons. The van der Waals surface area contributed by atoms with Crippen molar-refractivity contribution in [1.29, 1.82) is 0 Å². The molecule has 1 heterocycles. The van der Waals surface area contributed by atoms with Gasteiger partial charge in [0, 0.05) is 20.1 Å². The van der Waals surface area contributed by atoms with Crippen molar-refractivity contribution in [1.82, 2.24) is 15.5 Å². The number of sulfone groups is 1. The Bertz CT molecular complexity index is 701. The van der Waals surface area contributed by atoms with Gasteiger partial charge in [-0.15, -0.1) is 0 Å². The number of nitrogens with zero attached hydrogens (tertiary/aromatic N) is 2. The van der Waals surface area contributed by atoms with E-state index in [-0.39, 0.29) is 17.2 Å². The molecule has 1 fully saturated rings. The Balaban J connectivity index is 1.68. The Morgan fingerprint density at radius 2 is 1.78 bits per heavy atom. The first kappa shape index (κ1) is 21.6. The average Bonchev–Trinajstić information content (AvgIpc) is 2.92. The lowest BCUT2D eigenvalue weighted by atomic mass is 10.2. The molecule has 2 rings (SSSR count). The fourth-order valence-corrected chi connectivity index (χ4v) is 4.44. The Hall–Kier alpha value is -1.67. The van der Waals surface area contributed by atoms with Crippen LogP contribution in [0, 0.1) is 5.82 Å². The van der Waals surface area contributed by atoms with E-state index in [9.17, 15) is 12.8 Å². The van der Waals surface area contributed by atoms with Crippen LogP contribution in [-0.4, -0.2) is 64.8 Å². The molecule has 1 aliphatic heterocycles. The van der Waals surface area contributed by atoms with Crippen molar-refractivity contribution in [2.24, 2.45) is 4.99 Å².